The van der Waals surface area contributed by atoms with E-state index in [1.165, 1.54) is 0 Å². The number of nitrogens with one attached hydrogen (secondary N) is 1. The number of benzene rings is 1. The molecule has 4 heteroatoms. The van der Waals surface area contributed by atoms with Crippen LogP contribution in [0.1, 0.15) is 5.82 Å². The first-order chi connectivity index (χ1) is 5.68. The summed E-state index contributed by atoms with van der Waals surface area (Å²) in [5.41, 5.74) is 1.81. The third kappa shape index (κ3) is 1.09. The Morgan fingerprint density at radius 3 is 3.00 bits per heavy atom. The van der Waals surface area contributed by atoms with E-state index >= 15 is 0 Å². The van der Waals surface area contributed by atoms with Crippen LogP contribution >= 0.6 is 24.2 Å². The normalized spacial score (nSPS) is 10.9. The van der Waals surface area contributed by atoms with Gasteiger partial charge < -0.3 is 4.98 Å². The lowest BCUT2D eigenvalue weighted by molar-refractivity contribution is 1.17. The Morgan fingerprint density at radius 1 is 1.50 bits per heavy atom. The summed E-state index contributed by atoms with van der Waals surface area (Å²) in [6, 6.07) is 3.71. The van der Waals surface area contributed by atoms with E-state index in [1.54, 1.807) is 0 Å². The number of fused-ring (bicyclic) bond motifs is 1. The van der Waals surface area contributed by atoms with E-state index in [1.807, 2.05) is 19.1 Å². The Balaban J connectivity index is 2.89. The van der Waals surface area contributed by atoms with Crippen LogP contribution in [0.15, 0.2) is 17.0 Å². The highest BCUT2D eigenvalue weighted by molar-refractivity contribution is 7.80. The van der Waals surface area contributed by atoms with Crippen LogP contribution in [-0.4, -0.2) is 9.97 Å². The zero-order chi connectivity index (χ0) is 8.72. The molecule has 0 amide bonds. The molecule has 0 saturated heterocycles. The first-order valence-corrected chi connectivity index (χ1v) is 4.35. The summed E-state index contributed by atoms with van der Waals surface area (Å²) in [6.07, 6.45) is 0. The van der Waals surface area contributed by atoms with Crippen molar-refractivity contribution in [2.45, 2.75) is 11.8 Å². The van der Waals surface area contributed by atoms with E-state index in [0.29, 0.717) is 5.02 Å². The predicted molar refractivity (Wildman–Crippen MR) is 53.1 cm³/mol. The molecule has 1 aromatic heterocycles. The highest BCUT2D eigenvalue weighted by atomic mass is 35.5. The van der Waals surface area contributed by atoms with E-state index in [0.717, 1.165) is 21.8 Å². The lowest BCUT2D eigenvalue weighted by atomic mass is 10.3. The molecular weight excluding hydrogens is 192 g/mol. The quantitative estimate of drug-likeness (QED) is 0.627. The van der Waals surface area contributed by atoms with Crippen molar-refractivity contribution in [3.63, 3.8) is 0 Å². The summed E-state index contributed by atoms with van der Waals surface area (Å²) in [5.74, 6) is 0.877. The van der Waals surface area contributed by atoms with E-state index < -0.39 is 0 Å². The van der Waals surface area contributed by atoms with Crippen molar-refractivity contribution in [3.05, 3.63) is 23.0 Å². The summed E-state index contributed by atoms with van der Waals surface area (Å²) < 4.78 is 0. The fourth-order valence-corrected chi connectivity index (χ4v) is 1.56. The molecule has 0 fully saturated rings. The Labute approximate surface area is 80.4 Å². The van der Waals surface area contributed by atoms with Gasteiger partial charge in [-0.25, -0.2) is 4.98 Å². The van der Waals surface area contributed by atoms with Crippen LogP contribution in [0.5, 0.6) is 0 Å². The fraction of sp³-hybridized carbons (Fsp3) is 0.125. The van der Waals surface area contributed by atoms with Gasteiger partial charge in [0.2, 0.25) is 0 Å². The SMILES string of the molecule is Cc1nc2c(S)c(Cl)ccc2[nH]1. The van der Waals surface area contributed by atoms with Crippen molar-refractivity contribution in [2.24, 2.45) is 0 Å². The van der Waals surface area contributed by atoms with Crippen LogP contribution < -0.4 is 0 Å². The second-order valence-corrected chi connectivity index (χ2v) is 3.47. The van der Waals surface area contributed by atoms with Gasteiger partial charge in [-0.3, -0.25) is 0 Å². The molecule has 0 spiro atoms. The molecule has 0 aliphatic carbocycles. The van der Waals surface area contributed by atoms with Gasteiger partial charge in [0.05, 0.1) is 15.4 Å². The molecule has 0 atom stereocenters. The Hall–Kier alpha value is -0.670. The fourth-order valence-electron chi connectivity index (χ4n) is 1.16. The molecule has 62 valence electrons. The number of imidazole rings is 1. The molecule has 2 nitrogen and oxygen atoms in total. The van der Waals surface area contributed by atoms with Crippen LogP contribution in [0.25, 0.3) is 11.0 Å². The van der Waals surface area contributed by atoms with E-state index in [4.69, 9.17) is 11.6 Å². The number of halogens is 1. The molecule has 2 rings (SSSR count). The number of aromatic amines is 1. The van der Waals surface area contributed by atoms with Crippen molar-refractivity contribution in [2.75, 3.05) is 0 Å². The van der Waals surface area contributed by atoms with Crippen molar-refractivity contribution in [1.29, 1.82) is 0 Å². The van der Waals surface area contributed by atoms with Gasteiger partial charge in [0, 0.05) is 0 Å². The van der Waals surface area contributed by atoms with Crippen molar-refractivity contribution >= 4 is 35.3 Å². The molecule has 1 aromatic carbocycles. The van der Waals surface area contributed by atoms with Gasteiger partial charge in [-0.1, -0.05) is 11.6 Å². The first kappa shape index (κ1) is 7.95. The zero-order valence-electron chi connectivity index (χ0n) is 6.43. The molecule has 0 saturated carbocycles. The third-order valence-electron chi connectivity index (χ3n) is 1.70. The molecule has 0 unspecified atom stereocenters. The predicted octanol–water partition coefficient (Wildman–Crippen LogP) is 2.81. The Morgan fingerprint density at radius 2 is 2.25 bits per heavy atom. The maximum atomic E-state index is 5.87. The molecule has 0 bridgehead atoms. The minimum atomic E-state index is 0.636. The zero-order valence-corrected chi connectivity index (χ0v) is 8.08. The maximum absolute atomic E-state index is 5.87. The lowest BCUT2D eigenvalue weighted by Gasteiger charge is -1.95. The molecule has 0 radical (unpaired) electrons. The van der Waals surface area contributed by atoms with Gasteiger partial charge in [-0.2, -0.15) is 0 Å². The summed E-state index contributed by atoms with van der Waals surface area (Å²) in [4.78, 5) is 8.10. The molecule has 12 heavy (non-hydrogen) atoms. The number of hydrogen-bond donors (Lipinski definition) is 2. The van der Waals surface area contributed by atoms with Crippen LogP contribution in [-0.2, 0) is 0 Å². The van der Waals surface area contributed by atoms with E-state index in [2.05, 4.69) is 22.6 Å². The third-order valence-corrected chi connectivity index (χ3v) is 2.60. The Kier molecular flexibility index (Phi) is 1.77. The smallest absolute Gasteiger partial charge is 0.104 e. The highest BCUT2D eigenvalue weighted by Gasteiger charge is 2.05. The minimum Gasteiger partial charge on any atom is -0.342 e. The molecule has 0 aliphatic rings. The van der Waals surface area contributed by atoms with E-state index in [9.17, 15) is 0 Å². The summed E-state index contributed by atoms with van der Waals surface area (Å²) in [5, 5.41) is 0.636. The number of aromatic nitrogens is 2. The van der Waals surface area contributed by atoms with Crippen molar-refractivity contribution in [1.82, 2.24) is 9.97 Å². The van der Waals surface area contributed by atoms with Crippen LogP contribution in [0, 0.1) is 6.92 Å². The van der Waals surface area contributed by atoms with Gasteiger partial charge in [0.1, 0.15) is 11.3 Å². The number of nitrogens with zero attached hydrogens (tertiary/aromatic N) is 1. The van der Waals surface area contributed by atoms with Crippen molar-refractivity contribution in [3.8, 4) is 0 Å². The summed E-state index contributed by atoms with van der Waals surface area (Å²) >= 11 is 10.1. The van der Waals surface area contributed by atoms with Gasteiger partial charge >= 0.3 is 0 Å². The molecule has 0 aliphatic heterocycles. The minimum absolute atomic E-state index is 0.636. The largest absolute Gasteiger partial charge is 0.342 e. The first-order valence-electron chi connectivity index (χ1n) is 3.52. The number of hydrogen-bond acceptors (Lipinski definition) is 2. The molecule has 1 N–H and O–H groups in total. The second-order valence-electron chi connectivity index (χ2n) is 2.61. The van der Waals surface area contributed by atoms with Gasteiger partial charge in [-0.05, 0) is 19.1 Å². The van der Waals surface area contributed by atoms with Gasteiger partial charge in [-0.15, -0.1) is 12.6 Å². The average Bonchev–Trinajstić information content (AvgIpc) is 2.39. The monoisotopic (exact) mass is 198 g/mol. The number of rotatable bonds is 0. The van der Waals surface area contributed by atoms with Gasteiger partial charge in [0.25, 0.3) is 0 Å². The van der Waals surface area contributed by atoms with E-state index in [-0.39, 0.29) is 0 Å². The van der Waals surface area contributed by atoms with Gasteiger partial charge in [0.15, 0.2) is 0 Å². The topological polar surface area (TPSA) is 28.7 Å². The second kappa shape index (κ2) is 2.68. The summed E-state index contributed by atoms with van der Waals surface area (Å²) in [7, 11) is 0. The number of aryl methyl sites for hydroxylation is 1. The maximum Gasteiger partial charge on any atom is 0.104 e. The average molecular weight is 199 g/mol. The summed E-state index contributed by atoms with van der Waals surface area (Å²) in [6.45, 7) is 1.90. The molecular formula is C8H7ClN2S. The molecule has 2 aromatic rings. The lowest BCUT2D eigenvalue weighted by Crippen LogP contribution is -1.73. The highest BCUT2D eigenvalue weighted by Crippen LogP contribution is 2.27. The number of thiol groups is 1. The Bertz CT molecular complexity index is 436. The van der Waals surface area contributed by atoms with Crippen LogP contribution in [0.3, 0.4) is 0 Å². The number of H-pyrrole nitrogens is 1. The van der Waals surface area contributed by atoms with Crippen LogP contribution in [0.2, 0.25) is 5.02 Å². The molecule has 1 heterocycles. The van der Waals surface area contributed by atoms with Crippen LogP contribution in [0.4, 0.5) is 0 Å². The standard InChI is InChI=1S/C8H7ClN2S/c1-4-10-6-3-2-5(9)8(12)7(6)11-4/h2-3,12H,1H3,(H,10,11). The van der Waals surface area contributed by atoms with Crippen molar-refractivity contribution < 1.29 is 0 Å².